The molecule has 0 spiro atoms. The zero-order valence-electron chi connectivity index (χ0n) is 25.2. The van der Waals surface area contributed by atoms with Gasteiger partial charge in [-0.3, -0.25) is 27.1 Å². The molecule has 6 aliphatic rings. The molecule has 0 aromatic rings. The fourth-order valence-electron chi connectivity index (χ4n) is 6.98. The van der Waals surface area contributed by atoms with Crippen molar-refractivity contribution in [3.05, 3.63) is 0 Å². The van der Waals surface area contributed by atoms with Crippen molar-refractivity contribution in [2.24, 2.45) is 0 Å². The van der Waals surface area contributed by atoms with Crippen molar-refractivity contribution in [2.75, 3.05) is 53.9 Å². The second kappa shape index (κ2) is 12.1. The number of hydrogen-bond acceptors (Lipinski definition) is 16. The molecule has 6 aliphatic heterocycles. The van der Waals surface area contributed by atoms with Gasteiger partial charge >= 0.3 is 23.5 Å². The van der Waals surface area contributed by atoms with E-state index in [1.54, 1.807) is 20.8 Å². The lowest BCUT2D eigenvalue weighted by Crippen LogP contribution is -2.47. The fourth-order valence-corrected chi connectivity index (χ4v) is 9.75. The topological polar surface area (TPSA) is 232 Å². The van der Waals surface area contributed by atoms with Gasteiger partial charge in [-0.2, -0.15) is 0 Å². The van der Waals surface area contributed by atoms with Gasteiger partial charge in [-0.15, -0.1) is 0 Å². The number of hydrogen-bond donors (Lipinski definition) is 3. The van der Waals surface area contributed by atoms with Crippen molar-refractivity contribution >= 4 is 23.5 Å². The predicted molar refractivity (Wildman–Crippen MR) is 144 cm³/mol. The number of phosphoric ester groups is 3. The molecule has 0 aromatic heterocycles. The Bertz CT molecular complexity index is 1270. The third-order valence-corrected chi connectivity index (χ3v) is 11.8. The van der Waals surface area contributed by atoms with Crippen LogP contribution in [0.3, 0.4) is 0 Å². The van der Waals surface area contributed by atoms with E-state index >= 15 is 0 Å². The Kier molecular flexibility index (Phi) is 9.40. The van der Waals surface area contributed by atoms with Crippen LogP contribution in [0.1, 0.15) is 20.8 Å². The van der Waals surface area contributed by atoms with E-state index in [1.165, 1.54) is 7.11 Å². The second-order valence-corrected chi connectivity index (χ2v) is 16.5. The molecule has 6 saturated heterocycles. The summed E-state index contributed by atoms with van der Waals surface area (Å²) in [5.41, 5.74) is -4.21. The Labute approximate surface area is 258 Å². The molecule has 6 rings (SSSR count). The maximum atomic E-state index is 13.3. The van der Waals surface area contributed by atoms with Gasteiger partial charge in [0.2, 0.25) is 0 Å². The molecule has 0 amide bonds. The Balaban J connectivity index is 1.11. The molecular formula is C23H39O19P3. The zero-order valence-corrected chi connectivity index (χ0v) is 27.8. The van der Waals surface area contributed by atoms with Crippen LogP contribution < -0.4 is 0 Å². The smallest absolute Gasteiger partial charge is 0.381 e. The lowest BCUT2D eigenvalue weighted by molar-refractivity contribution is -0.161. The average molecular weight is 712 g/mol. The molecular weight excluding hydrogens is 673 g/mol. The molecule has 0 aromatic carbocycles. The van der Waals surface area contributed by atoms with E-state index in [0.717, 1.165) is 7.11 Å². The maximum absolute atomic E-state index is 13.3. The van der Waals surface area contributed by atoms with Gasteiger partial charge in [0, 0.05) is 14.2 Å². The van der Waals surface area contributed by atoms with Crippen molar-refractivity contribution in [1.82, 2.24) is 0 Å². The summed E-state index contributed by atoms with van der Waals surface area (Å²) in [4.78, 5) is 31.3. The molecule has 6 fully saturated rings. The zero-order chi connectivity index (χ0) is 32.6. The van der Waals surface area contributed by atoms with Gasteiger partial charge in [-0.05, 0) is 20.8 Å². The standard InChI is InChI=1S/C23H39O19P3/c1-12-15-18(21(37-12,6-30-4)7-32-15)41-44(26,27)36-11-23-9-34-17(14(3)39-23)20(23)42-45(28,29)35-10-22-8-33-16(13(2)38-22)19(22)40-43(24,25)31-5/h12-20H,6-11H2,1-5H3,(H,24,25)(H,26,27)(H,28,29)/t12-,13-,14-,15?,16?,17?,18+,19+,20+,21-,22+,23+/m0/s1. The maximum Gasteiger partial charge on any atom is 0.472 e. The van der Waals surface area contributed by atoms with E-state index in [4.69, 9.17) is 55.8 Å². The molecule has 45 heavy (non-hydrogen) atoms. The lowest BCUT2D eigenvalue weighted by Gasteiger charge is -2.33. The molecule has 0 saturated carbocycles. The van der Waals surface area contributed by atoms with Crippen LogP contribution in [-0.4, -0.2) is 140 Å². The highest BCUT2D eigenvalue weighted by atomic mass is 31.2. The highest BCUT2D eigenvalue weighted by molar-refractivity contribution is 7.48. The molecule has 6 bridgehead atoms. The molecule has 3 N–H and O–H groups in total. The van der Waals surface area contributed by atoms with Gasteiger partial charge in [0.25, 0.3) is 0 Å². The first-order valence-electron chi connectivity index (χ1n) is 14.2. The first kappa shape index (κ1) is 34.9. The third kappa shape index (κ3) is 6.32. The number of fused-ring (bicyclic) bond motifs is 6. The first-order valence-corrected chi connectivity index (χ1v) is 18.7. The Morgan fingerprint density at radius 3 is 1.24 bits per heavy atom. The Morgan fingerprint density at radius 1 is 0.600 bits per heavy atom. The summed E-state index contributed by atoms with van der Waals surface area (Å²) in [5, 5.41) is 0. The van der Waals surface area contributed by atoms with Crippen molar-refractivity contribution in [2.45, 2.75) is 92.5 Å². The number of phosphoric acid groups is 3. The van der Waals surface area contributed by atoms with Crippen LogP contribution in [0.5, 0.6) is 0 Å². The first-order chi connectivity index (χ1) is 21.0. The molecule has 0 radical (unpaired) electrons. The third-order valence-electron chi connectivity index (χ3n) is 8.96. The van der Waals surface area contributed by atoms with E-state index in [-0.39, 0.29) is 26.4 Å². The normalized spacial score (nSPS) is 48.9. The Hall–Kier alpha value is 0.0500. The van der Waals surface area contributed by atoms with Crippen LogP contribution in [0.25, 0.3) is 0 Å². The summed E-state index contributed by atoms with van der Waals surface area (Å²) >= 11 is 0. The van der Waals surface area contributed by atoms with Crippen LogP contribution in [0.4, 0.5) is 0 Å². The van der Waals surface area contributed by atoms with Crippen LogP contribution in [0.2, 0.25) is 0 Å². The van der Waals surface area contributed by atoms with E-state index in [0.29, 0.717) is 0 Å². The largest absolute Gasteiger partial charge is 0.472 e. The number of methoxy groups -OCH3 is 1. The number of ether oxygens (including phenoxy) is 7. The second-order valence-electron chi connectivity index (χ2n) is 12.1. The van der Waals surface area contributed by atoms with Gasteiger partial charge in [0.1, 0.15) is 53.4 Å². The number of rotatable bonds is 15. The highest BCUT2D eigenvalue weighted by Crippen LogP contribution is 2.58. The van der Waals surface area contributed by atoms with Crippen LogP contribution in [-0.2, 0) is 74.0 Å². The summed E-state index contributed by atoms with van der Waals surface area (Å²) in [6.45, 7) is 3.56. The molecule has 15 atom stereocenters. The monoisotopic (exact) mass is 712 g/mol. The van der Waals surface area contributed by atoms with Gasteiger partial charge in [0.15, 0.2) is 0 Å². The molecule has 6 unspecified atom stereocenters. The van der Waals surface area contributed by atoms with Crippen molar-refractivity contribution in [1.29, 1.82) is 0 Å². The summed E-state index contributed by atoms with van der Waals surface area (Å²) < 4.78 is 110. The van der Waals surface area contributed by atoms with Gasteiger partial charge in [-0.1, -0.05) is 0 Å². The SMILES string of the molecule is COC[C@@]12COC([C@H](C)O1)[C@H]2OP(=O)(O)OC[C@@]12COC([C@H](C)O1)[C@H]2OP(=O)(O)OC[C@@]12COC([C@H](C)O1)[C@H]2OP(=O)(O)OC. The molecule has 6 heterocycles. The van der Waals surface area contributed by atoms with E-state index in [2.05, 4.69) is 4.52 Å². The minimum Gasteiger partial charge on any atom is -0.381 e. The van der Waals surface area contributed by atoms with Crippen molar-refractivity contribution in [3.8, 4) is 0 Å². The quantitative estimate of drug-likeness (QED) is 0.196. The minimum absolute atomic E-state index is 0.0525. The van der Waals surface area contributed by atoms with Crippen LogP contribution >= 0.6 is 23.5 Å². The highest BCUT2D eigenvalue weighted by Gasteiger charge is 2.67. The molecule has 0 aliphatic carbocycles. The summed E-state index contributed by atoms with van der Waals surface area (Å²) in [5.74, 6) is 0. The molecule has 19 nitrogen and oxygen atoms in total. The summed E-state index contributed by atoms with van der Waals surface area (Å²) in [6, 6.07) is 0. The fraction of sp³-hybridized carbons (Fsp3) is 1.00. The Morgan fingerprint density at radius 2 is 0.933 bits per heavy atom. The van der Waals surface area contributed by atoms with Crippen LogP contribution in [0.15, 0.2) is 0 Å². The lowest BCUT2D eigenvalue weighted by atomic mass is 10.00. The van der Waals surface area contributed by atoms with Gasteiger partial charge < -0.3 is 47.8 Å². The van der Waals surface area contributed by atoms with Crippen molar-refractivity contribution < 1.29 is 88.7 Å². The average Bonchev–Trinajstić information content (AvgIpc) is 3.74. The van der Waals surface area contributed by atoms with E-state index in [1.807, 2.05) is 0 Å². The predicted octanol–water partition coefficient (Wildman–Crippen LogP) is 0.438. The molecule has 260 valence electrons. The van der Waals surface area contributed by atoms with E-state index in [9.17, 15) is 28.4 Å². The van der Waals surface area contributed by atoms with Gasteiger partial charge in [-0.25, -0.2) is 13.7 Å². The van der Waals surface area contributed by atoms with Gasteiger partial charge in [0.05, 0.1) is 58.0 Å². The minimum atomic E-state index is -4.94. The van der Waals surface area contributed by atoms with E-state index < -0.39 is 108 Å². The van der Waals surface area contributed by atoms with Crippen molar-refractivity contribution in [3.63, 3.8) is 0 Å². The summed E-state index contributed by atoms with van der Waals surface area (Å²) in [7, 11) is -11.8. The molecule has 22 heteroatoms. The van der Waals surface area contributed by atoms with Crippen LogP contribution in [0, 0.1) is 0 Å². The summed E-state index contributed by atoms with van der Waals surface area (Å²) in [6.07, 6.45) is -7.33.